The number of nitrogens with zero attached hydrogens (tertiary/aromatic N) is 2. The van der Waals surface area contributed by atoms with Gasteiger partial charge in [-0.2, -0.15) is 0 Å². The maximum absolute atomic E-state index is 13.6. The Morgan fingerprint density at radius 3 is 2.66 bits per heavy atom. The molecule has 150 valence electrons. The molecule has 2 aromatic carbocycles. The minimum absolute atomic E-state index is 0.0398. The fourth-order valence-corrected chi connectivity index (χ4v) is 3.85. The molecule has 1 fully saturated rings. The molecular formula is C22H21F2N3O2. The van der Waals surface area contributed by atoms with Crippen molar-refractivity contribution in [1.82, 2.24) is 9.47 Å². The van der Waals surface area contributed by atoms with Gasteiger partial charge in [0.15, 0.2) is 11.6 Å². The van der Waals surface area contributed by atoms with E-state index in [1.165, 1.54) is 16.7 Å². The van der Waals surface area contributed by atoms with Crippen LogP contribution in [0.25, 0.3) is 10.9 Å². The summed E-state index contributed by atoms with van der Waals surface area (Å²) >= 11 is 0. The van der Waals surface area contributed by atoms with Gasteiger partial charge in [-0.05, 0) is 54.1 Å². The van der Waals surface area contributed by atoms with Gasteiger partial charge in [-0.25, -0.2) is 13.6 Å². The van der Waals surface area contributed by atoms with Crippen LogP contribution in [-0.4, -0.2) is 28.6 Å². The third-order valence-corrected chi connectivity index (χ3v) is 5.50. The van der Waals surface area contributed by atoms with Crippen LogP contribution in [0.1, 0.15) is 24.3 Å². The molecule has 2 heterocycles. The molecule has 1 unspecified atom stereocenters. The van der Waals surface area contributed by atoms with E-state index >= 15 is 0 Å². The fraction of sp³-hybridized carbons (Fsp3) is 0.273. The van der Waals surface area contributed by atoms with Crippen molar-refractivity contribution >= 4 is 22.6 Å². The molecule has 1 aliphatic heterocycles. The number of anilines is 1. The SMILES string of the molecule is Cn1c(=O)ccc2ccc(NC(=O)N3CCCC(c4ccc(F)c(F)c4)C3)cc21. The summed E-state index contributed by atoms with van der Waals surface area (Å²) in [6, 6.07) is 12.3. The number of urea groups is 1. The van der Waals surface area contributed by atoms with Crippen LogP contribution < -0.4 is 10.9 Å². The highest BCUT2D eigenvalue weighted by molar-refractivity contribution is 5.92. The summed E-state index contributed by atoms with van der Waals surface area (Å²) in [5.74, 6) is -1.78. The number of amides is 2. The zero-order valence-corrected chi connectivity index (χ0v) is 16.0. The average Bonchev–Trinajstić information content (AvgIpc) is 2.73. The molecule has 5 nitrogen and oxygen atoms in total. The number of benzene rings is 2. The largest absolute Gasteiger partial charge is 0.324 e. The van der Waals surface area contributed by atoms with Gasteiger partial charge < -0.3 is 14.8 Å². The number of piperidine rings is 1. The summed E-state index contributed by atoms with van der Waals surface area (Å²) in [7, 11) is 1.69. The number of nitrogens with one attached hydrogen (secondary N) is 1. The van der Waals surface area contributed by atoms with Crippen LogP contribution in [0.15, 0.2) is 53.3 Å². The molecule has 4 rings (SSSR count). The van der Waals surface area contributed by atoms with E-state index in [1.54, 1.807) is 36.2 Å². The molecular weight excluding hydrogens is 376 g/mol. The molecule has 1 N–H and O–H groups in total. The monoisotopic (exact) mass is 397 g/mol. The van der Waals surface area contributed by atoms with Crippen LogP contribution in [0.3, 0.4) is 0 Å². The molecule has 1 saturated heterocycles. The fourth-order valence-electron chi connectivity index (χ4n) is 3.85. The molecule has 0 radical (unpaired) electrons. The van der Waals surface area contributed by atoms with Crippen LogP contribution in [0.4, 0.5) is 19.3 Å². The van der Waals surface area contributed by atoms with Crippen molar-refractivity contribution in [3.05, 3.63) is 76.1 Å². The van der Waals surface area contributed by atoms with Crippen molar-refractivity contribution in [2.45, 2.75) is 18.8 Å². The number of pyridine rings is 1. The Morgan fingerprint density at radius 2 is 1.86 bits per heavy atom. The van der Waals surface area contributed by atoms with Gasteiger partial charge in [0.1, 0.15) is 0 Å². The van der Waals surface area contributed by atoms with E-state index in [4.69, 9.17) is 0 Å². The Balaban J connectivity index is 1.50. The van der Waals surface area contributed by atoms with Crippen molar-refractivity contribution in [3.63, 3.8) is 0 Å². The first-order valence-corrected chi connectivity index (χ1v) is 9.53. The highest BCUT2D eigenvalue weighted by atomic mass is 19.2. The number of carbonyl (C=O) groups is 1. The molecule has 1 atom stereocenters. The zero-order chi connectivity index (χ0) is 20.5. The Bertz CT molecular complexity index is 1140. The molecule has 2 amide bonds. The highest BCUT2D eigenvalue weighted by Crippen LogP contribution is 2.28. The number of fused-ring (bicyclic) bond motifs is 1. The smallest absolute Gasteiger partial charge is 0.321 e. The van der Waals surface area contributed by atoms with Gasteiger partial charge >= 0.3 is 6.03 Å². The number of halogens is 2. The van der Waals surface area contributed by atoms with Crippen LogP contribution >= 0.6 is 0 Å². The Morgan fingerprint density at radius 1 is 1.07 bits per heavy atom. The second kappa shape index (κ2) is 7.66. The minimum atomic E-state index is -0.870. The minimum Gasteiger partial charge on any atom is -0.324 e. The third-order valence-electron chi connectivity index (χ3n) is 5.50. The van der Waals surface area contributed by atoms with E-state index in [0.29, 0.717) is 24.3 Å². The first-order chi connectivity index (χ1) is 13.9. The normalized spacial score (nSPS) is 16.8. The van der Waals surface area contributed by atoms with E-state index in [1.807, 2.05) is 6.07 Å². The molecule has 7 heteroatoms. The van der Waals surface area contributed by atoms with Crippen LogP contribution in [-0.2, 0) is 7.05 Å². The third kappa shape index (κ3) is 3.85. The predicted molar refractivity (Wildman–Crippen MR) is 108 cm³/mol. The molecule has 0 aliphatic carbocycles. The summed E-state index contributed by atoms with van der Waals surface area (Å²) in [5.41, 5.74) is 1.90. The summed E-state index contributed by atoms with van der Waals surface area (Å²) in [4.78, 5) is 26.3. The number of hydrogen-bond acceptors (Lipinski definition) is 2. The van der Waals surface area contributed by atoms with Gasteiger partial charge in [-0.15, -0.1) is 0 Å². The van der Waals surface area contributed by atoms with E-state index in [0.717, 1.165) is 29.8 Å². The van der Waals surface area contributed by atoms with E-state index in [-0.39, 0.29) is 17.5 Å². The van der Waals surface area contributed by atoms with E-state index in [2.05, 4.69) is 5.32 Å². The molecule has 0 saturated carbocycles. The predicted octanol–water partition coefficient (Wildman–Crippen LogP) is 4.23. The molecule has 3 aromatic rings. The van der Waals surface area contributed by atoms with Crippen LogP contribution in [0.5, 0.6) is 0 Å². The summed E-state index contributed by atoms with van der Waals surface area (Å²) < 4.78 is 28.3. The van der Waals surface area contributed by atoms with Crippen molar-refractivity contribution in [1.29, 1.82) is 0 Å². The van der Waals surface area contributed by atoms with Gasteiger partial charge in [0.25, 0.3) is 5.56 Å². The first-order valence-electron chi connectivity index (χ1n) is 9.53. The van der Waals surface area contributed by atoms with Crippen LogP contribution in [0, 0.1) is 11.6 Å². The molecule has 1 aliphatic rings. The van der Waals surface area contributed by atoms with Gasteiger partial charge in [0.05, 0.1) is 5.52 Å². The van der Waals surface area contributed by atoms with Crippen molar-refractivity contribution < 1.29 is 13.6 Å². The molecule has 29 heavy (non-hydrogen) atoms. The van der Waals surface area contributed by atoms with Gasteiger partial charge in [-0.1, -0.05) is 12.1 Å². The second-order valence-corrected chi connectivity index (χ2v) is 7.39. The van der Waals surface area contributed by atoms with E-state index < -0.39 is 11.6 Å². The second-order valence-electron chi connectivity index (χ2n) is 7.39. The number of carbonyl (C=O) groups excluding carboxylic acids is 1. The maximum atomic E-state index is 13.6. The lowest BCUT2D eigenvalue weighted by molar-refractivity contribution is 0.192. The van der Waals surface area contributed by atoms with Gasteiger partial charge in [-0.3, -0.25) is 4.79 Å². The van der Waals surface area contributed by atoms with Crippen molar-refractivity contribution in [3.8, 4) is 0 Å². The summed E-state index contributed by atoms with van der Waals surface area (Å²) in [6.07, 6.45) is 1.59. The number of likely N-dealkylation sites (tertiary alicyclic amines) is 1. The average molecular weight is 397 g/mol. The lowest BCUT2D eigenvalue weighted by Crippen LogP contribution is -2.41. The Hall–Kier alpha value is -3.22. The van der Waals surface area contributed by atoms with Crippen molar-refractivity contribution in [2.24, 2.45) is 7.05 Å². The van der Waals surface area contributed by atoms with Crippen LogP contribution in [0.2, 0.25) is 0 Å². The molecule has 1 aromatic heterocycles. The van der Waals surface area contributed by atoms with E-state index in [9.17, 15) is 18.4 Å². The first kappa shape index (κ1) is 19.1. The number of aryl methyl sites for hydroxylation is 1. The topological polar surface area (TPSA) is 54.3 Å². The maximum Gasteiger partial charge on any atom is 0.321 e. The standard InChI is InChI=1S/C22H21F2N3O2/c1-26-20-12-17(7-4-14(20)6-9-21(26)28)25-22(29)27-10-2-3-16(13-27)15-5-8-18(23)19(24)11-15/h4-9,11-12,16H,2-3,10,13H2,1H3,(H,25,29). The van der Waals surface area contributed by atoms with Gasteiger partial charge in [0, 0.05) is 37.8 Å². The lowest BCUT2D eigenvalue weighted by atomic mass is 9.90. The Kier molecular flexibility index (Phi) is 5.05. The van der Waals surface area contributed by atoms with Gasteiger partial charge in [0.2, 0.25) is 0 Å². The summed E-state index contributed by atoms with van der Waals surface area (Å²) in [5, 5.41) is 3.78. The number of aromatic nitrogens is 1. The number of hydrogen-bond donors (Lipinski definition) is 1. The quantitative estimate of drug-likeness (QED) is 0.704. The lowest BCUT2D eigenvalue weighted by Gasteiger charge is -2.33. The Labute approximate surface area is 166 Å². The molecule has 0 spiro atoms. The highest BCUT2D eigenvalue weighted by Gasteiger charge is 2.25. The molecule has 0 bridgehead atoms. The van der Waals surface area contributed by atoms with Crippen molar-refractivity contribution in [2.75, 3.05) is 18.4 Å². The number of rotatable bonds is 2. The zero-order valence-electron chi connectivity index (χ0n) is 16.0. The summed E-state index contributed by atoms with van der Waals surface area (Å²) in [6.45, 7) is 1.03.